The van der Waals surface area contributed by atoms with Crippen molar-refractivity contribution in [3.8, 4) is 0 Å². The fourth-order valence-corrected chi connectivity index (χ4v) is 1.72. The summed E-state index contributed by atoms with van der Waals surface area (Å²) in [5.41, 5.74) is 7.16. The van der Waals surface area contributed by atoms with Gasteiger partial charge in [-0.05, 0) is 31.5 Å². The molecule has 1 aromatic rings. The van der Waals surface area contributed by atoms with Gasteiger partial charge >= 0.3 is 0 Å². The topological polar surface area (TPSA) is 51.2 Å². The lowest BCUT2D eigenvalue weighted by Gasteiger charge is -2.15. The maximum atomic E-state index is 6.04. The molecule has 2 unspecified atom stereocenters. The average Bonchev–Trinajstić information content (AvgIpc) is 2.77. The lowest BCUT2D eigenvalue weighted by molar-refractivity contribution is 0.463. The van der Waals surface area contributed by atoms with Crippen LogP contribution in [0.4, 0.5) is 0 Å². The van der Waals surface area contributed by atoms with Crippen LogP contribution in [0.3, 0.4) is 0 Å². The van der Waals surface area contributed by atoms with E-state index in [1.165, 1.54) is 6.42 Å². The summed E-state index contributed by atoms with van der Waals surface area (Å²) in [6.45, 7) is 2.13. The molecule has 1 aliphatic heterocycles. The second kappa shape index (κ2) is 3.29. The molecule has 0 aromatic carbocycles. The van der Waals surface area contributed by atoms with Crippen LogP contribution in [0.25, 0.3) is 0 Å². The van der Waals surface area contributed by atoms with Gasteiger partial charge in [-0.25, -0.2) is 0 Å². The Kier molecular flexibility index (Phi) is 2.15. The summed E-state index contributed by atoms with van der Waals surface area (Å²) in [6.07, 6.45) is 4.59. The van der Waals surface area contributed by atoms with Crippen molar-refractivity contribution in [1.29, 1.82) is 0 Å². The third-order valence-corrected chi connectivity index (χ3v) is 2.53. The molecule has 3 N–H and O–H groups in total. The summed E-state index contributed by atoms with van der Waals surface area (Å²) < 4.78 is 4.99. The van der Waals surface area contributed by atoms with Crippen LogP contribution in [0.5, 0.6) is 0 Å². The maximum absolute atomic E-state index is 6.04. The Hall–Kier alpha value is -0.800. The van der Waals surface area contributed by atoms with Gasteiger partial charge in [0.1, 0.15) is 0 Å². The van der Waals surface area contributed by atoms with Crippen molar-refractivity contribution in [3.05, 3.63) is 24.2 Å². The minimum Gasteiger partial charge on any atom is -0.472 e. The van der Waals surface area contributed by atoms with Crippen molar-refractivity contribution >= 4 is 0 Å². The number of furan rings is 1. The zero-order valence-electron chi connectivity index (χ0n) is 6.99. The Bertz CT molecular complexity index is 227. The van der Waals surface area contributed by atoms with E-state index >= 15 is 0 Å². The molecule has 0 aliphatic carbocycles. The van der Waals surface area contributed by atoms with E-state index in [1.54, 1.807) is 12.5 Å². The van der Waals surface area contributed by atoms with Gasteiger partial charge in [0.05, 0.1) is 12.5 Å². The molecule has 3 heteroatoms. The van der Waals surface area contributed by atoms with Gasteiger partial charge in [-0.2, -0.15) is 0 Å². The molecule has 2 atom stereocenters. The van der Waals surface area contributed by atoms with Gasteiger partial charge in [0.15, 0.2) is 0 Å². The first kappa shape index (κ1) is 7.83. The van der Waals surface area contributed by atoms with Gasteiger partial charge in [0.2, 0.25) is 0 Å². The summed E-state index contributed by atoms with van der Waals surface area (Å²) in [5.74, 6) is 0.572. The van der Waals surface area contributed by atoms with E-state index in [1.807, 2.05) is 6.07 Å². The highest BCUT2D eigenvalue weighted by Crippen LogP contribution is 2.24. The molecule has 2 heterocycles. The fraction of sp³-hybridized carbons (Fsp3) is 0.556. The van der Waals surface area contributed by atoms with Crippen molar-refractivity contribution < 1.29 is 4.42 Å². The van der Waals surface area contributed by atoms with Gasteiger partial charge in [-0.15, -0.1) is 0 Å². The highest BCUT2D eigenvalue weighted by Gasteiger charge is 2.23. The summed E-state index contributed by atoms with van der Waals surface area (Å²) in [7, 11) is 0. The highest BCUT2D eigenvalue weighted by atomic mass is 16.3. The van der Waals surface area contributed by atoms with E-state index in [-0.39, 0.29) is 6.04 Å². The Morgan fingerprint density at radius 3 is 3.17 bits per heavy atom. The van der Waals surface area contributed by atoms with E-state index in [9.17, 15) is 0 Å². The lowest BCUT2D eigenvalue weighted by atomic mass is 9.95. The van der Waals surface area contributed by atoms with E-state index < -0.39 is 0 Å². The van der Waals surface area contributed by atoms with Crippen molar-refractivity contribution in [3.63, 3.8) is 0 Å². The van der Waals surface area contributed by atoms with E-state index in [4.69, 9.17) is 10.2 Å². The summed E-state index contributed by atoms with van der Waals surface area (Å²) in [5, 5.41) is 3.30. The quantitative estimate of drug-likeness (QED) is 0.686. The second-order valence-electron chi connectivity index (χ2n) is 3.34. The molecule has 0 radical (unpaired) electrons. The van der Waals surface area contributed by atoms with Crippen molar-refractivity contribution in [2.24, 2.45) is 11.7 Å². The third-order valence-electron chi connectivity index (χ3n) is 2.53. The number of rotatable bonds is 2. The van der Waals surface area contributed by atoms with Gasteiger partial charge in [0, 0.05) is 11.6 Å². The minimum atomic E-state index is 0.138. The van der Waals surface area contributed by atoms with Gasteiger partial charge in [0.25, 0.3) is 0 Å². The second-order valence-corrected chi connectivity index (χ2v) is 3.34. The molecule has 1 fully saturated rings. The molecule has 0 amide bonds. The zero-order valence-corrected chi connectivity index (χ0v) is 6.99. The first-order valence-electron chi connectivity index (χ1n) is 4.36. The zero-order chi connectivity index (χ0) is 8.39. The Balaban J connectivity index is 2.04. The van der Waals surface area contributed by atoms with Crippen LogP contribution < -0.4 is 11.1 Å². The van der Waals surface area contributed by atoms with Crippen LogP contribution in [-0.4, -0.2) is 13.1 Å². The van der Waals surface area contributed by atoms with Crippen LogP contribution >= 0.6 is 0 Å². The van der Waals surface area contributed by atoms with Crippen molar-refractivity contribution in [2.45, 2.75) is 12.5 Å². The SMILES string of the molecule is NC(c1ccoc1)C1CCNC1. The number of nitrogens with two attached hydrogens (primary N) is 1. The summed E-state index contributed by atoms with van der Waals surface area (Å²) >= 11 is 0. The van der Waals surface area contributed by atoms with Crippen LogP contribution in [0, 0.1) is 5.92 Å². The van der Waals surface area contributed by atoms with E-state index in [0.29, 0.717) is 5.92 Å². The van der Waals surface area contributed by atoms with E-state index in [0.717, 1.165) is 18.7 Å². The molecule has 2 rings (SSSR count). The Morgan fingerprint density at radius 1 is 1.67 bits per heavy atom. The average molecular weight is 166 g/mol. The molecule has 12 heavy (non-hydrogen) atoms. The molecular formula is C9H14N2O. The molecule has 0 saturated carbocycles. The fourth-order valence-electron chi connectivity index (χ4n) is 1.72. The van der Waals surface area contributed by atoms with Crippen molar-refractivity contribution in [1.82, 2.24) is 5.32 Å². The molecular weight excluding hydrogens is 152 g/mol. The molecule has 3 nitrogen and oxygen atoms in total. The minimum absolute atomic E-state index is 0.138. The Morgan fingerprint density at radius 2 is 2.58 bits per heavy atom. The first-order chi connectivity index (χ1) is 5.88. The largest absolute Gasteiger partial charge is 0.472 e. The smallest absolute Gasteiger partial charge is 0.0950 e. The van der Waals surface area contributed by atoms with Crippen molar-refractivity contribution in [2.75, 3.05) is 13.1 Å². The predicted octanol–water partition coefficient (Wildman–Crippen LogP) is 0.889. The molecule has 1 saturated heterocycles. The molecule has 1 aliphatic rings. The van der Waals surface area contributed by atoms with E-state index in [2.05, 4.69) is 5.32 Å². The van der Waals surface area contributed by atoms with Crippen LogP contribution in [0.15, 0.2) is 23.0 Å². The molecule has 1 aromatic heterocycles. The monoisotopic (exact) mass is 166 g/mol. The summed E-state index contributed by atoms with van der Waals surface area (Å²) in [4.78, 5) is 0. The van der Waals surface area contributed by atoms with Gasteiger partial charge in [-0.3, -0.25) is 0 Å². The highest BCUT2D eigenvalue weighted by molar-refractivity contribution is 5.12. The molecule has 66 valence electrons. The van der Waals surface area contributed by atoms with Crippen LogP contribution in [0.2, 0.25) is 0 Å². The van der Waals surface area contributed by atoms with Gasteiger partial charge in [-0.1, -0.05) is 0 Å². The normalized spacial score (nSPS) is 25.9. The van der Waals surface area contributed by atoms with Crippen LogP contribution in [-0.2, 0) is 0 Å². The molecule has 0 spiro atoms. The van der Waals surface area contributed by atoms with Crippen LogP contribution in [0.1, 0.15) is 18.0 Å². The first-order valence-corrected chi connectivity index (χ1v) is 4.36. The molecule has 0 bridgehead atoms. The number of hydrogen-bond donors (Lipinski definition) is 2. The summed E-state index contributed by atoms with van der Waals surface area (Å²) in [6, 6.07) is 2.09. The Labute approximate surface area is 71.9 Å². The maximum Gasteiger partial charge on any atom is 0.0950 e. The van der Waals surface area contributed by atoms with Gasteiger partial charge < -0.3 is 15.5 Å². The number of nitrogens with one attached hydrogen (secondary N) is 1. The standard InChI is InChI=1S/C9H14N2O/c10-9(7-1-3-11-5-7)8-2-4-12-6-8/h2,4,6-7,9,11H,1,3,5,10H2. The number of hydrogen-bond acceptors (Lipinski definition) is 3. The lowest BCUT2D eigenvalue weighted by Crippen LogP contribution is -2.22. The third kappa shape index (κ3) is 1.38. The predicted molar refractivity (Wildman–Crippen MR) is 46.6 cm³/mol.